The molecule has 4 aromatic rings. The molecule has 0 radical (unpaired) electrons. The summed E-state index contributed by atoms with van der Waals surface area (Å²) in [5, 5.41) is 12.3. The average molecular weight is 430 g/mol. The molecule has 2 heterocycles. The van der Waals surface area contributed by atoms with Gasteiger partial charge in [0, 0.05) is 28.8 Å². The molecule has 1 atom stereocenters. The zero-order valence-electron chi connectivity index (χ0n) is 16.9. The first-order chi connectivity index (χ1) is 15.0. The van der Waals surface area contributed by atoms with Crippen molar-refractivity contribution in [2.75, 3.05) is 16.3 Å². The second-order valence-corrected chi connectivity index (χ2v) is 8.16. The summed E-state index contributed by atoms with van der Waals surface area (Å²) in [6.07, 6.45) is 1.79. The molecular weight excluding hydrogens is 410 g/mol. The molecule has 154 valence electrons. The summed E-state index contributed by atoms with van der Waals surface area (Å²) in [5.74, 6) is 0.434. The third kappa shape index (κ3) is 3.47. The Balaban J connectivity index is 1.71. The second-order valence-electron chi connectivity index (χ2n) is 7.72. The van der Waals surface area contributed by atoms with E-state index in [0.717, 1.165) is 27.8 Å². The van der Waals surface area contributed by atoms with Gasteiger partial charge in [0.1, 0.15) is 11.6 Å². The van der Waals surface area contributed by atoms with Crippen molar-refractivity contribution in [3.8, 4) is 5.75 Å². The lowest BCUT2D eigenvalue weighted by molar-refractivity contribution is -0.120. The monoisotopic (exact) mass is 429 g/mol. The number of carbonyl (C=O) groups excluding carboxylic acids is 1. The Kier molecular flexibility index (Phi) is 4.75. The van der Waals surface area contributed by atoms with E-state index in [1.54, 1.807) is 29.3 Å². The maximum Gasteiger partial charge on any atom is 0.237 e. The fraction of sp³-hybridized carbons (Fsp3) is 0.120. The van der Waals surface area contributed by atoms with Crippen LogP contribution in [-0.2, 0) is 4.79 Å². The van der Waals surface area contributed by atoms with Crippen molar-refractivity contribution in [2.24, 2.45) is 5.92 Å². The lowest BCUT2D eigenvalue weighted by atomic mass is 10.1. The van der Waals surface area contributed by atoms with E-state index in [2.05, 4.69) is 9.88 Å². The number of anilines is 4. The van der Waals surface area contributed by atoms with Gasteiger partial charge in [0.2, 0.25) is 5.91 Å². The van der Waals surface area contributed by atoms with E-state index in [1.165, 1.54) is 0 Å². The van der Waals surface area contributed by atoms with Gasteiger partial charge >= 0.3 is 0 Å². The number of hydrogen-bond donors (Lipinski definition) is 1. The Morgan fingerprint density at radius 3 is 2.48 bits per heavy atom. The maximum absolute atomic E-state index is 13.5. The number of aromatic hydroxyl groups is 1. The SMILES string of the molecule is CC1CN(c2ccc(O)cc2)c2cc(Cl)ccc2N(c2cc3ccccc3cn2)C1=O. The number of phenolic OH excluding ortho intramolecular Hbond substituents is 1. The van der Waals surface area contributed by atoms with E-state index >= 15 is 0 Å². The highest BCUT2D eigenvalue weighted by molar-refractivity contribution is 6.31. The van der Waals surface area contributed by atoms with Crippen LogP contribution in [0.3, 0.4) is 0 Å². The van der Waals surface area contributed by atoms with Gasteiger partial charge in [-0.25, -0.2) is 4.98 Å². The largest absolute Gasteiger partial charge is 0.508 e. The predicted molar refractivity (Wildman–Crippen MR) is 125 cm³/mol. The quantitative estimate of drug-likeness (QED) is 0.421. The summed E-state index contributed by atoms with van der Waals surface area (Å²) in [5.41, 5.74) is 2.40. The lowest BCUT2D eigenvalue weighted by Gasteiger charge is -2.27. The number of fused-ring (bicyclic) bond motifs is 2. The second kappa shape index (κ2) is 7.60. The number of nitrogens with zero attached hydrogens (tertiary/aromatic N) is 3. The summed E-state index contributed by atoms with van der Waals surface area (Å²) in [7, 11) is 0. The van der Waals surface area contributed by atoms with E-state index < -0.39 is 0 Å². The highest BCUT2D eigenvalue weighted by Crippen LogP contribution is 2.43. The van der Waals surface area contributed by atoms with E-state index in [4.69, 9.17) is 11.6 Å². The minimum Gasteiger partial charge on any atom is -0.508 e. The van der Waals surface area contributed by atoms with Crippen molar-refractivity contribution in [3.63, 3.8) is 0 Å². The average Bonchev–Trinajstić information content (AvgIpc) is 2.88. The number of benzene rings is 3. The fourth-order valence-corrected chi connectivity index (χ4v) is 4.17. The number of hydrogen-bond acceptors (Lipinski definition) is 4. The third-order valence-electron chi connectivity index (χ3n) is 5.57. The Morgan fingerprint density at radius 2 is 1.71 bits per heavy atom. The van der Waals surface area contributed by atoms with Crippen LogP contribution in [0.4, 0.5) is 22.9 Å². The topological polar surface area (TPSA) is 56.7 Å². The van der Waals surface area contributed by atoms with Crippen LogP contribution in [0.25, 0.3) is 10.8 Å². The number of carbonyl (C=O) groups is 1. The van der Waals surface area contributed by atoms with Gasteiger partial charge in [-0.2, -0.15) is 0 Å². The summed E-state index contributed by atoms with van der Waals surface area (Å²) in [6, 6.07) is 22.3. The summed E-state index contributed by atoms with van der Waals surface area (Å²) in [4.78, 5) is 21.9. The van der Waals surface area contributed by atoms with Crippen molar-refractivity contribution >= 4 is 51.2 Å². The Bertz CT molecular complexity index is 1290. The smallest absolute Gasteiger partial charge is 0.237 e. The normalized spacial score (nSPS) is 16.3. The van der Waals surface area contributed by atoms with Gasteiger partial charge in [-0.1, -0.05) is 42.8 Å². The van der Waals surface area contributed by atoms with Crippen molar-refractivity contribution in [2.45, 2.75) is 6.92 Å². The molecule has 1 aromatic heterocycles. The lowest BCUT2D eigenvalue weighted by Crippen LogP contribution is -2.33. The minimum absolute atomic E-state index is 0.0346. The molecule has 0 bridgehead atoms. The van der Waals surface area contributed by atoms with Crippen LogP contribution in [0.15, 0.2) is 79.0 Å². The number of amides is 1. The molecule has 0 saturated heterocycles. The van der Waals surface area contributed by atoms with Gasteiger partial charge < -0.3 is 10.0 Å². The highest BCUT2D eigenvalue weighted by Gasteiger charge is 2.33. The van der Waals surface area contributed by atoms with Crippen LogP contribution in [0, 0.1) is 5.92 Å². The van der Waals surface area contributed by atoms with Gasteiger partial charge in [-0.15, -0.1) is 0 Å². The number of pyridine rings is 1. The zero-order chi connectivity index (χ0) is 21.5. The zero-order valence-corrected chi connectivity index (χ0v) is 17.6. The Labute approximate surface area is 185 Å². The van der Waals surface area contributed by atoms with Gasteiger partial charge in [-0.3, -0.25) is 9.69 Å². The first kappa shape index (κ1) is 19.4. The first-order valence-electron chi connectivity index (χ1n) is 10.1. The molecule has 1 aliphatic rings. The molecule has 0 spiro atoms. The molecule has 6 heteroatoms. The highest BCUT2D eigenvalue weighted by atomic mass is 35.5. The van der Waals surface area contributed by atoms with Gasteiger partial charge in [0.05, 0.1) is 17.3 Å². The van der Waals surface area contributed by atoms with Gasteiger partial charge in [0.15, 0.2) is 0 Å². The van der Waals surface area contributed by atoms with E-state index in [0.29, 0.717) is 17.4 Å². The van der Waals surface area contributed by atoms with Crippen molar-refractivity contribution in [1.82, 2.24) is 4.98 Å². The summed E-state index contributed by atoms with van der Waals surface area (Å²) in [6.45, 7) is 2.39. The first-order valence-corrected chi connectivity index (χ1v) is 10.4. The van der Waals surface area contributed by atoms with Crippen LogP contribution in [0.2, 0.25) is 5.02 Å². The molecule has 0 aliphatic carbocycles. The van der Waals surface area contributed by atoms with Gasteiger partial charge in [0.25, 0.3) is 0 Å². The van der Waals surface area contributed by atoms with Crippen molar-refractivity contribution in [1.29, 1.82) is 0 Å². The molecule has 3 aromatic carbocycles. The summed E-state index contributed by atoms with van der Waals surface area (Å²) >= 11 is 6.37. The fourth-order valence-electron chi connectivity index (χ4n) is 4.00. The Hall–Kier alpha value is -3.57. The molecular formula is C25H20ClN3O2. The van der Waals surface area contributed by atoms with Crippen LogP contribution >= 0.6 is 11.6 Å². The number of halogens is 1. The summed E-state index contributed by atoms with van der Waals surface area (Å²) < 4.78 is 0. The van der Waals surface area contributed by atoms with Gasteiger partial charge in [-0.05, 0) is 53.9 Å². The van der Waals surface area contributed by atoms with Crippen LogP contribution in [-0.4, -0.2) is 22.5 Å². The van der Waals surface area contributed by atoms with E-state index in [9.17, 15) is 9.90 Å². The molecule has 1 N–H and O–H groups in total. The molecule has 1 aliphatic heterocycles. The van der Waals surface area contributed by atoms with E-state index in [1.807, 2.05) is 61.5 Å². The molecule has 5 rings (SSSR count). The Morgan fingerprint density at radius 1 is 0.968 bits per heavy atom. The van der Waals surface area contributed by atoms with E-state index in [-0.39, 0.29) is 17.6 Å². The number of phenols is 1. The molecule has 0 fully saturated rings. The molecule has 31 heavy (non-hydrogen) atoms. The van der Waals surface area contributed by atoms with Crippen LogP contribution in [0.5, 0.6) is 5.75 Å². The number of rotatable bonds is 2. The van der Waals surface area contributed by atoms with Crippen molar-refractivity contribution in [3.05, 3.63) is 84.0 Å². The third-order valence-corrected chi connectivity index (χ3v) is 5.81. The molecule has 5 nitrogen and oxygen atoms in total. The molecule has 1 amide bonds. The standard InChI is InChI=1S/C25H20ClN3O2/c1-16-15-28(20-7-9-21(30)10-8-20)23-13-19(26)6-11-22(23)29(25(16)31)24-12-17-4-2-3-5-18(17)14-27-24/h2-14,16,30H,15H2,1H3. The molecule has 0 saturated carbocycles. The van der Waals surface area contributed by atoms with Crippen molar-refractivity contribution < 1.29 is 9.90 Å². The minimum atomic E-state index is -0.298. The van der Waals surface area contributed by atoms with Crippen LogP contribution in [0.1, 0.15) is 6.92 Å². The number of aromatic nitrogens is 1. The predicted octanol–water partition coefficient (Wildman–Crippen LogP) is 6.05. The maximum atomic E-state index is 13.5. The van der Waals surface area contributed by atoms with Crippen LogP contribution < -0.4 is 9.80 Å². The molecule has 1 unspecified atom stereocenters.